The monoisotopic (exact) mass is 453 g/mol. The fourth-order valence-electron chi connectivity index (χ4n) is 3.47. The number of ketones is 1. The van der Waals surface area contributed by atoms with Gasteiger partial charge in [0.05, 0.1) is 5.56 Å². The highest BCUT2D eigenvalue weighted by Gasteiger charge is 2.17. The predicted octanol–water partition coefficient (Wildman–Crippen LogP) is 2.13. The lowest BCUT2D eigenvalue weighted by molar-refractivity contribution is -0.136. The molecule has 2 heterocycles. The number of carbonyl (C=O) groups is 2. The molecule has 9 heteroatoms. The first kappa shape index (κ1) is 23.6. The van der Waals surface area contributed by atoms with Crippen molar-refractivity contribution in [2.75, 3.05) is 6.61 Å². The van der Waals surface area contributed by atoms with Crippen molar-refractivity contribution in [3.63, 3.8) is 0 Å². The average molecular weight is 453 g/mol. The minimum absolute atomic E-state index is 0.132. The van der Waals surface area contributed by atoms with Gasteiger partial charge in [0, 0.05) is 49.9 Å². The van der Waals surface area contributed by atoms with Gasteiger partial charge >= 0.3 is 11.7 Å². The first-order chi connectivity index (χ1) is 15.6. The number of rotatable bonds is 7. The van der Waals surface area contributed by atoms with Gasteiger partial charge in [0.1, 0.15) is 5.82 Å². The molecule has 0 unspecified atom stereocenters. The van der Waals surface area contributed by atoms with Gasteiger partial charge in [-0.3, -0.25) is 14.2 Å². The van der Waals surface area contributed by atoms with Gasteiger partial charge in [0.15, 0.2) is 6.61 Å². The van der Waals surface area contributed by atoms with Gasteiger partial charge in [-0.2, -0.15) is 0 Å². The maximum Gasteiger partial charge on any atom is 0.331 e. The number of hydrogen-bond acceptors (Lipinski definition) is 5. The number of ether oxygens (including phenoxy) is 1. The van der Waals surface area contributed by atoms with Crippen LogP contribution in [-0.2, 0) is 30.2 Å². The van der Waals surface area contributed by atoms with E-state index in [-0.39, 0.29) is 17.2 Å². The Labute approximate surface area is 189 Å². The van der Waals surface area contributed by atoms with Gasteiger partial charge in [-0.15, -0.1) is 0 Å². The van der Waals surface area contributed by atoms with E-state index in [1.54, 1.807) is 25.1 Å². The smallest absolute Gasteiger partial charge is 0.331 e. The van der Waals surface area contributed by atoms with Crippen molar-refractivity contribution in [2.45, 2.75) is 20.4 Å². The van der Waals surface area contributed by atoms with Crippen LogP contribution in [-0.4, -0.2) is 32.1 Å². The van der Waals surface area contributed by atoms with Crippen LogP contribution in [0.5, 0.6) is 0 Å². The lowest BCUT2D eigenvalue weighted by atomic mass is 10.1. The average Bonchev–Trinajstić information content (AvgIpc) is 3.07. The molecule has 0 amide bonds. The van der Waals surface area contributed by atoms with Crippen LogP contribution < -0.4 is 11.2 Å². The maximum absolute atomic E-state index is 13.1. The van der Waals surface area contributed by atoms with Crippen molar-refractivity contribution in [3.05, 3.63) is 97.3 Å². The number of hydrogen-bond donors (Lipinski definition) is 0. The van der Waals surface area contributed by atoms with Crippen molar-refractivity contribution in [1.82, 2.24) is 13.7 Å². The van der Waals surface area contributed by atoms with E-state index in [4.69, 9.17) is 4.74 Å². The number of halogens is 1. The molecule has 0 bridgehead atoms. The highest BCUT2D eigenvalue weighted by atomic mass is 19.1. The third-order valence-corrected chi connectivity index (χ3v) is 5.35. The second-order valence-corrected chi connectivity index (χ2v) is 7.70. The molecule has 1 aromatic carbocycles. The van der Waals surface area contributed by atoms with Gasteiger partial charge in [0.25, 0.3) is 5.56 Å². The first-order valence-corrected chi connectivity index (χ1v) is 10.1. The van der Waals surface area contributed by atoms with E-state index in [1.165, 1.54) is 43.1 Å². The van der Waals surface area contributed by atoms with Crippen LogP contribution in [0.15, 0.2) is 52.2 Å². The third kappa shape index (κ3) is 5.25. The van der Waals surface area contributed by atoms with Gasteiger partial charge in [-0.25, -0.2) is 14.0 Å². The highest BCUT2D eigenvalue weighted by molar-refractivity contribution is 6.00. The van der Waals surface area contributed by atoms with Crippen molar-refractivity contribution >= 4 is 17.8 Å². The first-order valence-electron chi connectivity index (χ1n) is 10.1. The fraction of sp³-hybridized carbons (Fsp3) is 0.250. The zero-order valence-electron chi connectivity index (χ0n) is 18.8. The Morgan fingerprint density at radius 2 is 1.76 bits per heavy atom. The topological polar surface area (TPSA) is 92.3 Å². The summed E-state index contributed by atoms with van der Waals surface area (Å²) in [6.45, 7) is 3.66. The Kier molecular flexibility index (Phi) is 6.91. The summed E-state index contributed by atoms with van der Waals surface area (Å²) in [6, 6.07) is 7.85. The lowest BCUT2D eigenvalue weighted by Crippen LogP contribution is -2.37. The minimum atomic E-state index is -0.792. The molecule has 2 aromatic heterocycles. The van der Waals surface area contributed by atoms with E-state index in [0.29, 0.717) is 17.8 Å². The van der Waals surface area contributed by atoms with Crippen LogP contribution in [0.3, 0.4) is 0 Å². The third-order valence-electron chi connectivity index (χ3n) is 5.35. The highest BCUT2D eigenvalue weighted by Crippen LogP contribution is 2.18. The minimum Gasteiger partial charge on any atom is -0.454 e. The number of benzene rings is 1. The zero-order valence-corrected chi connectivity index (χ0v) is 18.8. The summed E-state index contributed by atoms with van der Waals surface area (Å²) in [5, 5.41) is 0. The summed E-state index contributed by atoms with van der Waals surface area (Å²) in [5.74, 6) is -1.48. The van der Waals surface area contributed by atoms with Crippen molar-refractivity contribution in [2.24, 2.45) is 14.1 Å². The summed E-state index contributed by atoms with van der Waals surface area (Å²) in [5.41, 5.74) is 1.97. The molecule has 0 N–H and O–H groups in total. The number of aromatic nitrogens is 3. The summed E-state index contributed by atoms with van der Waals surface area (Å²) in [6.07, 6.45) is 3.59. The number of carbonyl (C=O) groups excluding carboxylic acids is 2. The molecule has 0 aliphatic carbocycles. The Bertz CT molecular complexity index is 1360. The van der Waals surface area contributed by atoms with E-state index < -0.39 is 23.8 Å². The molecule has 33 heavy (non-hydrogen) atoms. The summed E-state index contributed by atoms with van der Waals surface area (Å²) in [7, 11) is 2.83. The summed E-state index contributed by atoms with van der Waals surface area (Å²) in [4.78, 5) is 48.5. The Morgan fingerprint density at radius 3 is 2.42 bits per heavy atom. The molecule has 0 aliphatic heterocycles. The number of Topliss-reactive ketones (excluding diaryl/α,β-unsaturated/α-hetero) is 1. The Morgan fingerprint density at radius 1 is 1.09 bits per heavy atom. The van der Waals surface area contributed by atoms with Crippen LogP contribution in [0.25, 0.3) is 6.08 Å². The van der Waals surface area contributed by atoms with Crippen LogP contribution in [0.1, 0.15) is 32.9 Å². The molecule has 3 aromatic rings. The molecule has 0 saturated heterocycles. The quantitative estimate of drug-likeness (QED) is 0.311. The molecule has 8 nitrogen and oxygen atoms in total. The fourth-order valence-corrected chi connectivity index (χ4v) is 3.47. The zero-order chi connectivity index (χ0) is 24.3. The lowest BCUT2D eigenvalue weighted by Gasteiger charge is -2.10. The molecule has 0 saturated carbocycles. The van der Waals surface area contributed by atoms with Crippen LogP contribution in [0.4, 0.5) is 4.39 Å². The van der Waals surface area contributed by atoms with Crippen LogP contribution in [0.2, 0.25) is 0 Å². The van der Waals surface area contributed by atoms with Crippen molar-refractivity contribution < 1.29 is 18.7 Å². The largest absolute Gasteiger partial charge is 0.454 e. The number of nitrogens with zero attached hydrogens (tertiary/aromatic N) is 3. The van der Waals surface area contributed by atoms with E-state index >= 15 is 0 Å². The Hall–Kier alpha value is -4.01. The predicted molar refractivity (Wildman–Crippen MR) is 121 cm³/mol. The standard InChI is InChI=1S/C24H24FN3O5/c1-15-11-20(16(2)28(15)12-17-5-8-19(25)9-6-17)21(29)14-33-22(30)10-7-18-13-26(3)24(32)27(4)23(18)31/h5-11,13H,12,14H2,1-4H3/b10-7+. The van der Waals surface area contributed by atoms with Gasteiger partial charge in [-0.05, 0) is 43.7 Å². The maximum atomic E-state index is 13.1. The van der Waals surface area contributed by atoms with E-state index in [2.05, 4.69) is 0 Å². The SMILES string of the molecule is Cc1cc(C(=O)COC(=O)/C=C/c2cn(C)c(=O)n(C)c2=O)c(C)n1Cc1ccc(F)cc1. The van der Waals surface area contributed by atoms with E-state index in [9.17, 15) is 23.6 Å². The van der Waals surface area contributed by atoms with Gasteiger partial charge in [0.2, 0.25) is 5.78 Å². The summed E-state index contributed by atoms with van der Waals surface area (Å²) >= 11 is 0. The van der Waals surface area contributed by atoms with Gasteiger partial charge in [-0.1, -0.05) is 12.1 Å². The number of aryl methyl sites for hydroxylation is 2. The molecule has 3 rings (SSSR count). The number of esters is 1. The molecular formula is C24H24FN3O5. The second kappa shape index (κ2) is 9.64. The normalized spacial score (nSPS) is 11.2. The van der Waals surface area contributed by atoms with Crippen molar-refractivity contribution in [1.29, 1.82) is 0 Å². The molecule has 0 atom stereocenters. The molecule has 0 spiro atoms. The molecule has 0 fully saturated rings. The second-order valence-electron chi connectivity index (χ2n) is 7.70. The van der Waals surface area contributed by atoms with Gasteiger partial charge < -0.3 is 13.9 Å². The molecule has 0 aliphatic rings. The van der Waals surface area contributed by atoms with Crippen molar-refractivity contribution in [3.8, 4) is 0 Å². The Balaban J connectivity index is 1.67. The molecule has 0 radical (unpaired) electrons. The molecular weight excluding hydrogens is 429 g/mol. The van der Waals surface area contributed by atoms with E-state index in [1.807, 2.05) is 11.5 Å². The van der Waals surface area contributed by atoms with Crippen LogP contribution >= 0.6 is 0 Å². The molecule has 172 valence electrons. The summed E-state index contributed by atoms with van der Waals surface area (Å²) < 4.78 is 22.2. The van der Waals surface area contributed by atoms with E-state index in [0.717, 1.165) is 21.9 Å². The van der Waals surface area contributed by atoms with Crippen LogP contribution in [0, 0.1) is 19.7 Å².